The van der Waals surface area contributed by atoms with Crippen molar-refractivity contribution in [1.82, 2.24) is 0 Å². The largest absolute Gasteiger partial charge is 0.496 e. The second-order valence-electron chi connectivity index (χ2n) is 3.18. The lowest BCUT2D eigenvalue weighted by molar-refractivity contribution is -0.138. The van der Waals surface area contributed by atoms with Crippen LogP contribution in [-0.4, -0.2) is 18.8 Å². The molecule has 16 heavy (non-hydrogen) atoms. The molecule has 1 rings (SSSR count). The zero-order valence-corrected chi connectivity index (χ0v) is 8.58. The first-order chi connectivity index (χ1) is 7.41. The van der Waals surface area contributed by atoms with E-state index in [4.69, 9.17) is 10.5 Å². The molecule has 0 amide bonds. The van der Waals surface area contributed by atoms with Gasteiger partial charge in [0.05, 0.1) is 18.8 Å². The summed E-state index contributed by atoms with van der Waals surface area (Å²) in [6.07, 6.45) is -5.69. The number of rotatable bonds is 3. The number of aliphatic hydroxyl groups excluding tert-OH is 1. The Hall–Kier alpha value is -1.27. The van der Waals surface area contributed by atoms with E-state index in [-0.39, 0.29) is 17.9 Å². The molecule has 1 aromatic carbocycles. The van der Waals surface area contributed by atoms with Gasteiger partial charge in [-0.3, -0.25) is 0 Å². The van der Waals surface area contributed by atoms with Crippen LogP contribution < -0.4 is 10.5 Å². The molecule has 0 radical (unpaired) electrons. The lowest BCUT2D eigenvalue weighted by Gasteiger charge is -2.17. The van der Waals surface area contributed by atoms with E-state index in [0.717, 1.165) is 13.2 Å². The van der Waals surface area contributed by atoms with Gasteiger partial charge in [0.1, 0.15) is 5.75 Å². The molecule has 1 aromatic rings. The zero-order valence-electron chi connectivity index (χ0n) is 8.58. The Morgan fingerprint density at radius 3 is 2.50 bits per heavy atom. The highest BCUT2D eigenvalue weighted by molar-refractivity contribution is 5.44. The van der Waals surface area contributed by atoms with E-state index in [1.54, 1.807) is 0 Å². The van der Waals surface area contributed by atoms with Crippen LogP contribution in [0.25, 0.3) is 0 Å². The number of alkyl halides is 3. The Balaban J connectivity index is 3.32. The molecule has 90 valence electrons. The highest BCUT2D eigenvalue weighted by Crippen LogP contribution is 2.39. The number of hydrogen-bond acceptors (Lipinski definition) is 3. The number of benzene rings is 1. The molecular weight excluding hydrogens is 223 g/mol. The van der Waals surface area contributed by atoms with Gasteiger partial charge in [0, 0.05) is 12.1 Å². The van der Waals surface area contributed by atoms with E-state index in [0.29, 0.717) is 0 Å². The second kappa shape index (κ2) is 4.71. The van der Waals surface area contributed by atoms with Crippen molar-refractivity contribution >= 4 is 0 Å². The van der Waals surface area contributed by atoms with Crippen LogP contribution in [0, 0.1) is 0 Å². The summed E-state index contributed by atoms with van der Waals surface area (Å²) in [5.74, 6) is -0.382. The average molecular weight is 235 g/mol. The van der Waals surface area contributed by atoms with Crippen LogP contribution in [0.3, 0.4) is 0 Å². The molecule has 0 aromatic heterocycles. The number of halogens is 3. The fourth-order valence-corrected chi connectivity index (χ4v) is 1.40. The first kappa shape index (κ1) is 12.8. The summed E-state index contributed by atoms with van der Waals surface area (Å²) in [6, 6.07) is 3.46. The normalized spacial score (nSPS) is 13.6. The third kappa shape index (κ3) is 2.45. The molecule has 0 heterocycles. The van der Waals surface area contributed by atoms with Crippen LogP contribution in [0.4, 0.5) is 13.2 Å². The topological polar surface area (TPSA) is 55.5 Å². The van der Waals surface area contributed by atoms with Crippen molar-refractivity contribution in [3.63, 3.8) is 0 Å². The summed E-state index contributed by atoms with van der Waals surface area (Å²) in [7, 11) is 1.12. The fraction of sp³-hybridized carbons (Fsp3) is 0.400. The van der Waals surface area contributed by atoms with Gasteiger partial charge < -0.3 is 15.6 Å². The van der Waals surface area contributed by atoms with Crippen molar-refractivity contribution in [2.45, 2.75) is 12.3 Å². The molecule has 0 bridgehead atoms. The molecule has 3 N–H and O–H groups in total. The summed E-state index contributed by atoms with van der Waals surface area (Å²) >= 11 is 0. The van der Waals surface area contributed by atoms with Gasteiger partial charge in [0.2, 0.25) is 0 Å². The van der Waals surface area contributed by atoms with Crippen LogP contribution in [-0.2, 0) is 6.18 Å². The molecule has 0 saturated heterocycles. The van der Waals surface area contributed by atoms with E-state index in [9.17, 15) is 18.3 Å². The summed E-state index contributed by atoms with van der Waals surface area (Å²) in [4.78, 5) is 0. The van der Waals surface area contributed by atoms with Gasteiger partial charge in [-0.2, -0.15) is 13.2 Å². The van der Waals surface area contributed by atoms with Crippen molar-refractivity contribution in [2.75, 3.05) is 13.7 Å². The van der Waals surface area contributed by atoms with Crippen LogP contribution in [0.2, 0.25) is 0 Å². The number of nitrogens with two attached hydrogens (primary N) is 1. The number of para-hydroxylation sites is 1. The molecule has 6 heteroatoms. The maximum absolute atomic E-state index is 12.6. The molecule has 0 saturated carbocycles. The van der Waals surface area contributed by atoms with Gasteiger partial charge in [0.15, 0.2) is 0 Å². The van der Waals surface area contributed by atoms with E-state index >= 15 is 0 Å². The van der Waals surface area contributed by atoms with Gasteiger partial charge >= 0.3 is 6.18 Å². The molecule has 0 aliphatic rings. The monoisotopic (exact) mass is 235 g/mol. The Morgan fingerprint density at radius 2 is 2.06 bits per heavy atom. The van der Waals surface area contributed by atoms with Crippen LogP contribution >= 0.6 is 0 Å². The molecular formula is C10H12F3NO2. The zero-order chi connectivity index (χ0) is 12.3. The minimum atomic E-state index is -4.52. The minimum absolute atomic E-state index is 0.0415. The fourth-order valence-electron chi connectivity index (χ4n) is 1.40. The first-order valence-electron chi connectivity index (χ1n) is 4.54. The van der Waals surface area contributed by atoms with Crippen molar-refractivity contribution in [2.24, 2.45) is 5.73 Å². The summed E-state index contributed by atoms with van der Waals surface area (Å²) in [5, 5.41) is 9.46. The Labute approximate surface area is 90.6 Å². The quantitative estimate of drug-likeness (QED) is 0.838. The molecule has 0 aliphatic heterocycles. The third-order valence-electron chi connectivity index (χ3n) is 2.14. The molecule has 0 unspecified atom stereocenters. The standard InChI is InChI=1S/C10H12F3NO2/c1-16-9-6(8(15)5-14)3-2-4-7(9)10(11,12)13/h2-4,8,15H,5,14H2,1H3/t8-/m0/s1. The Morgan fingerprint density at radius 1 is 1.44 bits per heavy atom. The molecule has 3 nitrogen and oxygen atoms in total. The molecule has 0 spiro atoms. The maximum atomic E-state index is 12.6. The lowest BCUT2D eigenvalue weighted by Crippen LogP contribution is -2.15. The third-order valence-corrected chi connectivity index (χ3v) is 2.14. The highest BCUT2D eigenvalue weighted by atomic mass is 19.4. The maximum Gasteiger partial charge on any atom is 0.419 e. The van der Waals surface area contributed by atoms with Gasteiger partial charge in [-0.1, -0.05) is 12.1 Å². The average Bonchev–Trinajstić information content (AvgIpc) is 2.25. The SMILES string of the molecule is COc1c([C@@H](O)CN)cccc1C(F)(F)F. The summed E-state index contributed by atoms with van der Waals surface area (Å²) in [5.41, 5.74) is 4.32. The predicted octanol–water partition coefficient (Wildman–Crippen LogP) is 1.71. The molecule has 0 aliphatic carbocycles. The minimum Gasteiger partial charge on any atom is -0.496 e. The molecule has 1 atom stereocenters. The number of hydrogen-bond donors (Lipinski definition) is 2. The van der Waals surface area contributed by atoms with Gasteiger partial charge in [0.25, 0.3) is 0 Å². The predicted molar refractivity (Wildman–Crippen MR) is 52.0 cm³/mol. The van der Waals surface area contributed by atoms with E-state index in [2.05, 4.69) is 0 Å². The van der Waals surface area contributed by atoms with Gasteiger partial charge in [-0.25, -0.2) is 0 Å². The van der Waals surface area contributed by atoms with Crippen LogP contribution in [0.1, 0.15) is 17.2 Å². The van der Waals surface area contributed by atoms with Crippen molar-refractivity contribution < 1.29 is 23.0 Å². The number of ether oxygens (including phenoxy) is 1. The molecule has 0 fully saturated rings. The van der Waals surface area contributed by atoms with Gasteiger partial charge in [-0.15, -0.1) is 0 Å². The lowest BCUT2D eigenvalue weighted by atomic mass is 10.0. The Bertz CT molecular complexity index is 366. The number of aliphatic hydroxyl groups is 1. The van der Waals surface area contributed by atoms with Gasteiger partial charge in [-0.05, 0) is 6.07 Å². The van der Waals surface area contributed by atoms with Crippen molar-refractivity contribution in [3.8, 4) is 5.75 Å². The second-order valence-corrected chi connectivity index (χ2v) is 3.18. The smallest absolute Gasteiger partial charge is 0.419 e. The summed E-state index contributed by atoms with van der Waals surface area (Å²) in [6.45, 7) is -0.169. The van der Waals surface area contributed by atoms with Crippen LogP contribution in [0.15, 0.2) is 18.2 Å². The van der Waals surface area contributed by atoms with Crippen molar-refractivity contribution in [3.05, 3.63) is 29.3 Å². The van der Waals surface area contributed by atoms with E-state index in [1.165, 1.54) is 12.1 Å². The summed E-state index contributed by atoms with van der Waals surface area (Å²) < 4.78 is 42.5. The van der Waals surface area contributed by atoms with E-state index < -0.39 is 17.8 Å². The Kier molecular flexibility index (Phi) is 3.77. The highest BCUT2D eigenvalue weighted by Gasteiger charge is 2.35. The van der Waals surface area contributed by atoms with Crippen molar-refractivity contribution in [1.29, 1.82) is 0 Å². The van der Waals surface area contributed by atoms with E-state index in [1.807, 2.05) is 0 Å². The number of methoxy groups -OCH3 is 1. The first-order valence-corrected chi connectivity index (χ1v) is 4.54. The van der Waals surface area contributed by atoms with Crippen LogP contribution in [0.5, 0.6) is 5.75 Å².